The topological polar surface area (TPSA) is 40.6 Å². The van der Waals surface area contributed by atoms with Crippen LogP contribution in [0.2, 0.25) is 0 Å². The molecule has 1 aliphatic carbocycles. The molecule has 0 spiro atoms. The lowest BCUT2D eigenvalue weighted by Crippen LogP contribution is -2.52. The van der Waals surface area contributed by atoms with Gasteiger partial charge < -0.3 is 9.80 Å². The van der Waals surface area contributed by atoms with E-state index in [4.69, 9.17) is 0 Å². The second-order valence-electron chi connectivity index (χ2n) is 7.42. The van der Waals surface area contributed by atoms with Crippen LogP contribution in [0.4, 0.5) is 0 Å². The van der Waals surface area contributed by atoms with Gasteiger partial charge in [-0.15, -0.1) is 0 Å². The van der Waals surface area contributed by atoms with Gasteiger partial charge in [0.25, 0.3) is 0 Å². The summed E-state index contributed by atoms with van der Waals surface area (Å²) in [6.45, 7) is 9.09. The van der Waals surface area contributed by atoms with Crippen molar-refractivity contribution in [3.63, 3.8) is 0 Å². The number of piperazine rings is 1. The number of rotatable bonds is 2. The molecule has 0 unspecified atom stereocenters. The van der Waals surface area contributed by atoms with Gasteiger partial charge in [0.15, 0.2) is 0 Å². The summed E-state index contributed by atoms with van der Waals surface area (Å²) in [7, 11) is 0. The van der Waals surface area contributed by atoms with Crippen LogP contribution in [0.3, 0.4) is 0 Å². The van der Waals surface area contributed by atoms with Crippen LogP contribution in [-0.4, -0.2) is 47.8 Å². The summed E-state index contributed by atoms with van der Waals surface area (Å²) in [5.41, 5.74) is 0.0356. The van der Waals surface area contributed by atoms with Crippen LogP contribution in [0.25, 0.3) is 0 Å². The fourth-order valence-corrected chi connectivity index (χ4v) is 3.17. The Labute approximate surface area is 122 Å². The number of nitrogens with zero attached hydrogens (tertiary/aromatic N) is 2. The Bertz CT molecular complexity index is 359. The van der Waals surface area contributed by atoms with E-state index in [1.54, 1.807) is 0 Å². The van der Waals surface area contributed by atoms with Crippen LogP contribution in [0.15, 0.2) is 0 Å². The summed E-state index contributed by atoms with van der Waals surface area (Å²) >= 11 is 0. The SMILES string of the molecule is CC(C)(C)CC(=O)N1CCN(C(=O)C2CCCC2)CC1. The minimum Gasteiger partial charge on any atom is -0.339 e. The van der Waals surface area contributed by atoms with Crippen molar-refractivity contribution in [3.8, 4) is 0 Å². The van der Waals surface area contributed by atoms with E-state index < -0.39 is 0 Å². The average Bonchev–Trinajstić information content (AvgIpc) is 2.90. The van der Waals surface area contributed by atoms with Crippen molar-refractivity contribution in [2.45, 2.75) is 52.9 Å². The quantitative estimate of drug-likeness (QED) is 0.778. The first-order valence-electron chi connectivity index (χ1n) is 7.93. The molecule has 2 rings (SSSR count). The highest BCUT2D eigenvalue weighted by Gasteiger charge is 2.31. The summed E-state index contributed by atoms with van der Waals surface area (Å²) in [5, 5.41) is 0. The first-order chi connectivity index (χ1) is 9.37. The van der Waals surface area contributed by atoms with E-state index in [2.05, 4.69) is 20.8 Å². The molecular weight excluding hydrogens is 252 g/mol. The highest BCUT2D eigenvalue weighted by atomic mass is 16.2. The number of carbonyl (C=O) groups excluding carboxylic acids is 2. The maximum atomic E-state index is 12.3. The van der Waals surface area contributed by atoms with E-state index in [0.717, 1.165) is 12.8 Å². The van der Waals surface area contributed by atoms with Gasteiger partial charge in [0.1, 0.15) is 0 Å². The Kier molecular flexibility index (Phi) is 4.71. The zero-order chi connectivity index (χ0) is 14.8. The maximum Gasteiger partial charge on any atom is 0.225 e. The number of hydrogen-bond acceptors (Lipinski definition) is 2. The van der Waals surface area contributed by atoms with Gasteiger partial charge in [-0.25, -0.2) is 0 Å². The van der Waals surface area contributed by atoms with E-state index >= 15 is 0 Å². The third-order valence-corrected chi connectivity index (χ3v) is 4.33. The number of amides is 2. The third-order valence-electron chi connectivity index (χ3n) is 4.33. The van der Waals surface area contributed by atoms with E-state index in [1.165, 1.54) is 12.8 Å². The van der Waals surface area contributed by atoms with Gasteiger partial charge in [0.05, 0.1) is 0 Å². The van der Waals surface area contributed by atoms with E-state index in [1.807, 2.05) is 9.80 Å². The highest BCUT2D eigenvalue weighted by molar-refractivity contribution is 5.80. The Balaban J connectivity index is 1.80. The van der Waals surface area contributed by atoms with Crippen LogP contribution >= 0.6 is 0 Å². The summed E-state index contributed by atoms with van der Waals surface area (Å²) < 4.78 is 0. The van der Waals surface area contributed by atoms with Gasteiger partial charge in [-0.3, -0.25) is 9.59 Å². The maximum absolute atomic E-state index is 12.3. The lowest BCUT2D eigenvalue weighted by Gasteiger charge is -2.37. The molecule has 0 aromatic heterocycles. The molecule has 2 aliphatic rings. The molecule has 1 heterocycles. The van der Waals surface area contributed by atoms with E-state index in [9.17, 15) is 9.59 Å². The lowest BCUT2D eigenvalue weighted by molar-refractivity contribution is -0.142. The van der Waals surface area contributed by atoms with Gasteiger partial charge in [0.2, 0.25) is 11.8 Å². The number of hydrogen-bond donors (Lipinski definition) is 0. The van der Waals surface area contributed by atoms with Crippen molar-refractivity contribution < 1.29 is 9.59 Å². The first-order valence-corrected chi connectivity index (χ1v) is 7.93. The highest BCUT2D eigenvalue weighted by Crippen LogP contribution is 2.27. The van der Waals surface area contributed by atoms with Crippen LogP contribution in [-0.2, 0) is 9.59 Å². The molecule has 4 heteroatoms. The van der Waals surface area contributed by atoms with Crippen molar-refractivity contribution in [2.24, 2.45) is 11.3 Å². The van der Waals surface area contributed by atoms with Gasteiger partial charge in [-0.05, 0) is 18.3 Å². The van der Waals surface area contributed by atoms with Crippen molar-refractivity contribution in [2.75, 3.05) is 26.2 Å². The molecule has 0 aromatic rings. The van der Waals surface area contributed by atoms with Crippen molar-refractivity contribution in [1.82, 2.24) is 9.80 Å². The minimum atomic E-state index is 0.0356. The fourth-order valence-electron chi connectivity index (χ4n) is 3.17. The van der Waals surface area contributed by atoms with Crippen LogP contribution in [0.1, 0.15) is 52.9 Å². The summed E-state index contributed by atoms with van der Waals surface area (Å²) in [6, 6.07) is 0. The molecule has 0 bridgehead atoms. The normalized spacial score (nSPS) is 21.4. The van der Waals surface area contributed by atoms with Crippen LogP contribution in [0.5, 0.6) is 0 Å². The Hall–Kier alpha value is -1.06. The largest absolute Gasteiger partial charge is 0.339 e. The third kappa shape index (κ3) is 3.97. The number of carbonyl (C=O) groups is 2. The molecule has 114 valence electrons. The summed E-state index contributed by atoms with van der Waals surface area (Å²) in [6.07, 6.45) is 5.09. The van der Waals surface area contributed by atoms with Gasteiger partial charge >= 0.3 is 0 Å². The molecule has 0 atom stereocenters. The Morgan fingerprint density at radius 2 is 1.45 bits per heavy atom. The Morgan fingerprint density at radius 1 is 0.950 bits per heavy atom. The first kappa shape index (κ1) is 15.3. The molecule has 0 radical (unpaired) electrons. The van der Waals surface area contributed by atoms with Crippen molar-refractivity contribution >= 4 is 11.8 Å². The monoisotopic (exact) mass is 280 g/mol. The second kappa shape index (κ2) is 6.15. The molecule has 1 aliphatic heterocycles. The fraction of sp³-hybridized carbons (Fsp3) is 0.875. The van der Waals surface area contributed by atoms with Gasteiger partial charge in [-0.2, -0.15) is 0 Å². The predicted molar refractivity (Wildman–Crippen MR) is 79.2 cm³/mol. The van der Waals surface area contributed by atoms with Gasteiger partial charge in [-0.1, -0.05) is 33.6 Å². The predicted octanol–water partition coefficient (Wildman–Crippen LogP) is 2.28. The van der Waals surface area contributed by atoms with Crippen molar-refractivity contribution in [3.05, 3.63) is 0 Å². The molecular formula is C16H28N2O2. The molecule has 2 fully saturated rings. The van der Waals surface area contributed by atoms with Gasteiger partial charge in [0, 0.05) is 38.5 Å². The lowest BCUT2D eigenvalue weighted by atomic mass is 9.91. The van der Waals surface area contributed by atoms with Crippen LogP contribution in [0, 0.1) is 11.3 Å². The zero-order valence-corrected chi connectivity index (χ0v) is 13.2. The summed E-state index contributed by atoms with van der Waals surface area (Å²) in [4.78, 5) is 28.4. The zero-order valence-electron chi connectivity index (χ0n) is 13.2. The summed E-state index contributed by atoms with van der Waals surface area (Å²) in [5.74, 6) is 0.808. The average molecular weight is 280 g/mol. The Morgan fingerprint density at radius 3 is 1.95 bits per heavy atom. The van der Waals surface area contributed by atoms with Crippen LogP contribution < -0.4 is 0 Å². The molecule has 20 heavy (non-hydrogen) atoms. The standard InChI is InChI=1S/C16H28N2O2/c1-16(2,3)12-14(19)17-8-10-18(11-9-17)15(20)13-6-4-5-7-13/h13H,4-12H2,1-3H3. The second-order valence-corrected chi connectivity index (χ2v) is 7.42. The molecule has 0 aromatic carbocycles. The molecule has 0 N–H and O–H groups in total. The minimum absolute atomic E-state index is 0.0356. The smallest absolute Gasteiger partial charge is 0.225 e. The molecule has 4 nitrogen and oxygen atoms in total. The molecule has 1 saturated heterocycles. The molecule has 2 amide bonds. The van der Waals surface area contributed by atoms with Crippen molar-refractivity contribution in [1.29, 1.82) is 0 Å². The molecule has 1 saturated carbocycles. The van der Waals surface area contributed by atoms with E-state index in [0.29, 0.717) is 38.5 Å². The van der Waals surface area contributed by atoms with E-state index in [-0.39, 0.29) is 17.2 Å².